The highest BCUT2D eigenvalue weighted by molar-refractivity contribution is 5.46. The molecule has 1 aliphatic carbocycles. The van der Waals surface area contributed by atoms with E-state index in [4.69, 9.17) is 4.52 Å². The van der Waals surface area contributed by atoms with E-state index in [-0.39, 0.29) is 0 Å². The fourth-order valence-corrected chi connectivity index (χ4v) is 3.08. The van der Waals surface area contributed by atoms with Gasteiger partial charge in [0.05, 0.1) is 0 Å². The maximum Gasteiger partial charge on any atom is 0.230 e. The minimum absolute atomic E-state index is 0.310. The van der Waals surface area contributed by atoms with Gasteiger partial charge in [-0.25, -0.2) is 9.97 Å². The molecule has 0 aromatic carbocycles. The first kappa shape index (κ1) is 14.8. The largest absolute Gasteiger partial charge is 0.351 e. The number of aryl methyl sites for hydroxylation is 1. The molecule has 0 spiro atoms. The number of hydrogen-bond acceptors (Lipinski definition) is 7. The summed E-state index contributed by atoms with van der Waals surface area (Å²) >= 11 is 0. The van der Waals surface area contributed by atoms with Crippen LogP contribution in [0.2, 0.25) is 0 Å². The van der Waals surface area contributed by atoms with Crippen LogP contribution in [-0.4, -0.2) is 35.9 Å². The van der Waals surface area contributed by atoms with Crippen LogP contribution in [-0.2, 0) is 7.05 Å². The molecule has 0 atom stereocenters. The molecule has 0 aliphatic heterocycles. The Morgan fingerprint density at radius 1 is 1.17 bits per heavy atom. The molecule has 0 bridgehead atoms. The van der Waals surface area contributed by atoms with E-state index in [9.17, 15) is 0 Å². The molecule has 1 saturated carbocycles. The molecule has 8 heteroatoms. The molecular weight excluding hydrogens is 306 g/mol. The van der Waals surface area contributed by atoms with Crippen molar-refractivity contribution in [2.75, 3.05) is 5.32 Å². The minimum Gasteiger partial charge on any atom is -0.351 e. The van der Waals surface area contributed by atoms with E-state index < -0.39 is 0 Å². The lowest BCUT2D eigenvalue weighted by Gasteiger charge is -2.26. The number of hydrogen-bond donors (Lipinski definition) is 1. The van der Waals surface area contributed by atoms with E-state index in [1.807, 2.05) is 25.4 Å². The van der Waals surface area contributed by atoms with Crippen molar-refractivity contribution in [1.29, 1.82) is 0 Å². The topological polar surface area (TPSA) is 94.6 Å². The number of nitrogens with one attached hydrogen (secondary N) is 1. The molecule has 4 rings (SSSR count). The van der Waals surface area contributed by atoms with Gasteiger partial charge in [0.2, 0.25) is 17.7 Å². The van der Waals surface area contributed by atoms with Gasteiger partial charge in [-0.15, -0.1) is 0 Å². The number of rotatable bonds is 4. The Morgan fingerprint density at radius 3 is 2.67 bits per heavy atom. The molecule has 0 saturated heterocycles. The molecule has 3 aromatic rings. The van der Waals surface area contributed by atoms with Gasteiger partial charge in [-0.2, -0.15) is 10.1 Å². The summed E-state index contributed by atoms with van der Waals surface area (Å²) in [5.41, 5.74) is 0.740. The van der Waals surface area contributed by atoms with E-state index in [0.29, 0.717) is 29.6 Å². The lowest BCUT2D eigenvalue weighted by molar-refractivity contribution is 0.306. The second-order valence-corrected chi connectivity index (χ2v) is 6.10. The molecule has 1 N–H and O–H groups in total. The van der Waals surface area contributed by atoms with Gasteiger partial charge in [-0.05, 0) is 37.8 Å². The average Bonchev–Trinajstić information content (AvgIpc) is 3.25. The second kappa shape index (κ2) is 6.38. The van der Waals surface area contributed by atoms with Gasteiger partial charge < -0.3 is 9.84 Å². The van der Waals surface area contributed by atoms with Crippen molar-refractivity contribution in [3.63, 3.8) is 0 Å². The predicted molar refractivity (Wildman–Crippen MR) is 87.2 cm³/mol. The zero-order chi connectivity index (χ0) is 16.4. The van der Waals surface area contributed by atoms with Crippen LogP contribution in [0.25, 0.3) is 11.5 Å². The summed E-state index contributed by atoms with van der Waals surface area (Å²) in [5.74, 6) is 2.27. The summed E-state index contributed by atoms with van der Waals surface area (Å²) in [6.45, 7) is 0. The average molecular weight is 325 g/mol. The van der Waals surface area contributed by atoms with Gasteiger partial charge in [-0.1, -0.05) is 5.16 Å². The van der Waals surface area contributed by atoms with Gasteiger partial charge in [0.15, 0.2) is 0 Å². The SMILES string of the molecule is Cn1ccc(-c2noc(C3CCC(Nc4ncccn4)CC3)n2)n1. The van der Waals surface area contributed by atoms with Gasteiger partial charge >= 0.3 is 0 Å². The van der Waals surface area contributed by atoms with Crippen LogP contribution in [0, 0.1) is 0 Å². The van der Waals surface area contributed by atoms with Gasteiger partial charge in [0.25, 0.3) is 0 Å². The summed E-state index contributed by atoms with van der Waals surface area (Å²) in [6.07, 6.45) is 9.45. The van der Waals surface area contributed by atoms with E-state index in [2.05, 4.69) is 30.5 Å². The first-order valence-corrected chi connectivity index (χ1v) is 8.15. The smallest absolute Gasteiger partial charge is 0.230 e. The Hall–Kier alpha value is -2.77. The van der Waals surface area contributed by atoms with Crippen molar-refractivity contribution in [2.24, 2.45) is 7.05 Å². The number of nitrogens with zero attached hydrogens (tertiary/aromatic N) is 6. The normalized spacial score (nSPS) is 20.9. The standard InChI is InChI=1S/C16H19N7O/c1-23-10-7-13(21-23)14-20-15(24-22-14)11-3-5-12(6-4-11)19-16-17-8-2-9-18-16/h2,7-12H,3-6H2,1H3,(H,17,18,19). The van der Waals surface area contributed by atoms with Gasteiger partial charge in [0, 0.05) is 37.6 Å². The van der Waals surface area contributed by atoms with Crippen LogP contribution >= 0.6 is 0 Å². The Labute approximate surface area is 139 Å². The first-order chi connectivity index (χ1) is 11.8. The molecule has 24 heavy (non-hydrogen) atoms. The summed E-state index contributed by atoms with van der Waals surface area (Å²) in [4.78, 5) is 13.0. The summed E-state index contributed by atoms with van der Waals surface area (Å²) < 4.78 is 7.20. The van der Waals surface area contributed by atoms with E-state index in [1.54, 1.807) is 17.1 Å². The predicted octanol–water partition coefficient (Wildman–Crippen LogP) is 2.40. The molecule has 1 aliphatic rings. The molecule has 124 valence electrons. The fourth-order valence-electron chi connectivity index (χ4n) is 3.08. The van der Waals surface area contributed by atoms with E-state index >= 15 is 0 Å². The van der Waals surface area contributed by atoms with Gasteiger partial charge in [-0.3, -0.25) is 4.68 Å². The van der Waals surface area contributed by atoms with Crippen LogP contribution in [0.4, 0.5) is 5.95 Å². The zero-order valence-corrected chi connectivity index (χ0v) is 13.5. The maximum absolute atomic E-state index is 5.47. The van der Waals surface area contributed by atoms with Crippen molar-refractivity contribution in [3.8, 4) is 11.5 Å². The van der Waals surface area contributed by atoms with Crippen molar-refractivity contribution in [1.82, 2.24) is 29.9 Å². The number of aromatic nitrogens is 6. The third-order valence-electron chi connectivity index (χ3n) is 4.36. The minimum atomic E-state index is 0.310. The van der Waals surface area contributed by atoms with E-state index in [0.717, 1.165) is 31.4 Å². The molecule has 0 unspecified atom stereocenters. The molecular formula is C16H19N7O. The quantitative estimate of drug-likeness (QED) is 0.787. The molecule has 3 heterocycles. The molecule has 3 aromatic heterocycles. The monoisotopic (exact) mass is 325 g/mol. The Balaban J connectivity index is 1.37. The van der Waals surface area contributed by atoms with E-state index in [1.165, 1.54) is 0 Å². The number of anilines is 1. The summed E-state index contributed by atoms with van der Waals surface area (Å²) in [5, 5.41) is 11.8. The summed E-state index contributed by atoms with van der Waals surface area (Å²) in [7, 11) is 1.87. The molecule has 0 radical (unpaired) electrons. The lowest BCUT2D eigenvalue weighted by Crippen LogP contribution is -2.26. The Morgan fingerprint density at radius 2 is 1.96 bits per heavy atom. The second-order valence-electron chi connectivity index (χ2n) is 6.10. The zero-order valence-electron chi connectivity index (χ0n) is 13.5. The highest BCUT2D eigenvalue weighted by atomic mass is 16.5. The third-order valence-corrected chi connectivity index (χ3v) is 4.36. The van der Waals surface area contributed by atoms with Crippen molar-refractivity contribution < 1.29 is 4.52 Å². The van der Waals surface area contributed by atoms with Crippen LogP contribution in [0.1, 0.15) is 37.5 Å². The molecule has 0 amide bonds. The fraction of sp³-hybridized carbons (Fsp3) is 0.438. The van der Waals surface area contributed by atoms with Crippen molar-refractivity contribution >= 4 is 5.95 Å². The highest BCUT2D eigenvalue weighted by Crippen LogP contribution is 2.33. The maximum atomic E-state index is 5.47. The van der Waals surface area contributed by atoms with Gasteiger partial charge in [0.1, 0.15) is 5.69 Å². The third kappa shape index (κ3) is 3.12. The first-order valence-electron chi connectivity index (χ1n) is 8.15. The summed E-state index contributed by atoms with van der Waals surface area (Å²) in [6, 6.07) is 4.09. The van der Waals surface area contributed by atoms with Crippen LogP contribution in [0.5, 0.6) is 0 Å². The lowest BCUT2D eigenvalue weighted by atomic mass is 9.86. The molecule has 8 nitrogen and oxygen atoms in total. The van der Waals surface area contributed by atoms with Crippen LogP contribution in [0.15, 0.2) is 35.2 Å². The van der Waals surface area contributed by atoms with Crippen LogP contribution in [0.3, 0.4) is 0 Å². The van der Waals surface area contributed by atoms with Crippen molar-refractivity contribution in [2.45, 2.75) is 37.6 Å². The highest BCUT2D eigenvalue weighted by Gasteiger charge is 2.27. The Kier molecular flexibility index (Phi) is 3.94. The van der Waals surface area contributed by atoms with Crippen LogP contribution < -0.4 is 5.32 Å². The van der Waals surface area contributed by atoms with Crippen molar-refractivity contribution in [3.05, 3.63) is 36.6 Å². The Bertz CT molecular complexity index is 790. The molecule has 1 fully saturated rings.